The summed E-state index contributed by atoms with van der Waals surface area (Å²) < 4.78 is 9.60. The Hall–Kier alpha value is -1.40. The molecule has 6 nitrogen and oxygen atoms in total. The van der Waals surface area contributed by atoms with Crippen LogP contribution in [0.3, 0.4) is 0 Å². The smallest absolute Gasteiger partial charge is 0.273 e. The topological polar surface area (TPSA) is 84.6 Å². The van der Waals surface area contributed by atoms with Crippen LogP contribution in [-0.2, 0) is 11.3 Å². The van der Waals surface area contributed by atoms with Crippen LogP contribution in [0.4, 0.5) is 0 Å². The van der Waals surface area contributed by atoms with E-state index in [-0.39, 0.29) is 31.4 Å². The number of nitrogens with one attached hydrogen (secondary N) is 1. The van der Waals surface area contributed by atoms with Crippen LogP contribution in [0.2, 0.25) is 0 Å². The summed E-state index contributed by atoms with van der Waals surface area (Å²) in [6.07, 6.45) is 0. The number of aliphatic hydroxyl groups excluding tert-OH is 1. The predicted octanol–water partition coefficient (Wildman–Crippen LogP) is -0.457. The third-order valence-electron chi connectivity index (χ3n) is 1.48. The van der Waals surface area contributed by atoms with Gasteiger partial charge in [0.25, 0.3) is 5.91 Å². The van der Waals surface area contributed by atoms with Gasteiger partial charge in [0.05, 0.1) is 6.61 Å². The highest BCUT2D eigenvalue weighted by atomic mass is 16.5. The summed E-state index contributed by atoms with van der Waals surface area (Å²) >= 11 is 0. The number of aliphatic hydroxyl groups is 1. The molecule has 14 heavy (non-hydrogen) atoms. The summed E-state index contributed by atoms with van der Waals surface area (Å²) in [4.78, 5) is 11.2. The highest BCUT2D eigenvalue weighted by Crippen LogP contribution is 2.04. The monoisotopic (exact) mass is 200 g/mol. The van der Waals surface area contributed by atoms with Gasteiger partial charge in [-0.2, -0.15) is 0 Å². The number of aromatic nitrogens is 1. The Kier molecular flexibility index (Phi) is 4.09. The average Bonchev–Trinajstić information content (AvgIpc) is 2.63. The van der Waals surface area contributed by atoms with Gasteiger partial charge >= 0.3 is 0 Å². The third-order valence-corrected chi connectivity index (χ3v) is 1.48. The molecular weight excluding hydrogens is 188 g/mol. The summed E-state index contributed by atoms with van der Waals surface area (Å²) in [5.74, 6) is 0.117. The van der Waals surface area contributed by atoms with Gasteiger partial charge in [-0.3, -0.25) is 4.79 Å². The van der Waals surface area contributed by atoms with Crippen molar-refractivity contribution in [3.8, 4) is 0 Å². The van der Waals surface area contributed by atoms with Crippen LogP contribution in [0, 0.1) is 0 Å². The molecule has 0 radical (unpaired) electrons. The molecule has 78 valence electrons. The quantitative estimate of drug-likeness (QED) is 0.672. The average molecular weight is 200 g/mol. The largest absolute Gasteiger partial charge is 0.395 e. The van der Waals surface area contributed by atoms with E-state index >= 15 is 0 Å². The summed E-state index contributed by atoms with van der Waals surface area (Å²) in [6.45, 7) is 0.375. The van der Waals surface area contributed by atoms with Crippen molar-refractivity contribution in [3.05, 3.63) is 17.5 Å². The molecule has 0 saturated carbocycles. The van der Waals surface area contributed by atoms with E-state index in [1.807, 2.05) is 0 Å². The van der Waals surface area contributed by atoms with Crippen LogP contribution >= 0.6 is 0 Å². The summed E-state index contributed by atoms with van der Waals surface area (Å²) in [5.41, 5.74) is 0.186. The van der Waals surface area contributed by atoms with E-state index in [4.69, 9.17) is 14.4 Å². The van der Waals surface area contributed by atoms with Crippen LogP contribution in [0.1, 0.15) is 16.2 Å². The van der Waals surface area contributed by atoms with Crippen molar-refractivity contribution in [2.45, 2.75) is 6.61 Å². The van der Waals surface area contributed by atoms with Crippen molar-refractivity contribution in [2.24, 2.45) is 0 Å². The second-order valence-corrected chi connectivity index (χ2v) is 2.59. The normalized spacial score (nSPS) is 10.1. The maximum absolute atomic E-state index is 11.2. The number of hydrogen-bond acceptors (Lipinski definition) is 5. The first-order valence-corrected chi connectivity index (χ1v) is 4.11. The molecule has 1 rings (SSSR count). The minimum atomic E-state index is -0.370. The SMILES string of the molecule is COCc1cc(C(=O)NCCO)no1. The van der Waals surface area contributed by atoms with E-state index in [0.29, 0.717) is 5.76 Å². The second-order valence-electron chi connectivity index (χ2n) is 2.59. The Morgan fingerprint density at radius 3 is 3.21 bits per heavy atom. The Bertz CT molecular complexity index is 297. The molecule has 0 saturated heterocycles. The van der Waals surface area contributed by atoms with Gasteiger partial charge in [0.2, 0.25) is 0 Å². The first-order valence-electron chi connectivity index (χ1n) is 4.11. The molecular formula is C8H12N2O4. The van der Waals surface area contributed by atoms with E-state index in [1.165, 1.54) is 13.2 Å². The van der Waals surface area contributed by atoms with Gasteiger partial charge in [-0.05, 0) is 0 Å². The lowest BCUT2D eigenvalue weighted by molar-refractivity contribution is 0.0935. The highest BCUT2D eigenvalue weighted by molar-refractivity contribution is 5.92. The molecule has 1 heterocycles. The fraction of sp³-hybridized carbons (Fsp3) is 0.500. The number of rotatable bonds is 5. The van der Waals surface area contributed by atoms with E-state index in [0.717, 1.165) is 0 Å². The molecule has 1 amide bonds. The zero-order valence-corrected chi connectivity index (χ0v) is 7.82. The number of ether oxygens (including phenoxy) is 1. The molecule has 0 aromatic carbocycles. The van der Waals surface area contributed by atoms with Crippen molar-refractivity contribution >= 4 is 5.91 Å². The molecule has 1 aromatic rings. The first-order chi connectivity index (χ1) is 6.77. The third kappa shape index (κ3) is 2.82. The fourth-order valence-corrected chi connectivity index (χ4v) is 0.890. The second kappa shape index (κ2) is 5.36. The van der Waals surface area contributed by atoms with Crippen LogP contribution in [-0.4, -0.2) is 36.4 Å². The molecule has 0 spiro atoms. The molecule has 0 fully saturated rings. The van der Waals surface area contributed by atoms with Gasteiger partial charge in [-0.1, -0.05) is 5.16 Å². The summed E-state index contributed by atoms with van der Waals surface area (Å²) in [7, 11) is 1.52. The maximum Gasteiger partial charge on any atom is 0.273 e. The maximum atomic E-state index is 11.2. The number of carbonyl (C=O) groups excluding carboxylic acids is 1. The summed E-state index contributed by atoms with van der Waals surface area (Å²) in [6, 6.07) is 1.50. The molecule has 0 aliphatic carbocycles. The van der Waals surface area contributed by atoms with Gasteiger partial charge in [0.1, 0.15) is 6.61 Å². The molecule has 0 bridgehead atoms. The highest BCUT2D eigenvalue weighted by Gasteiger charge is 2.11. The summed E-state index contributed by atoms with van der Waals surface area (Å²) in [5, 5.41) is 14.5. The molecule has 0 atom stereocenters. The Morgan fingerprint density at radius 2 is 2.57 bits per heavy atom. The van der Waals surface area contributed by atoms with Crippen molar-refractivity contribution in [1.82, 2.24) is 10.5 Å². The van der Waals surface area contributed by atoms with Gasteiger partial charge in [-0.25, -0.2) is 0 Å². The minimum Gasteiger partial charge on any atom is -0.395 e. The number of amides is 1. The van der Waals surface area contributed by atoms with Crippen molar-refractivity contribution in [2.75, 3.05) is 20.3 Å². The van der Waals surface area contributed by atoms with E-state index in [1.54, 1.807) is 0 Å². The number of hydrogen-bond donors (Lipinski definition) is 2. The zero-order chi connectivity index (χ0) is 10.4. The van der Waals surface area contributed by atoms with Crippen molar-refractivity contribution < 1.29 is 19.2 Å². The predicted molar refractivity (Wildman–Crippen MR) is 46.6 cm³/mol. The molecule has 6 heteroatoms. The van der Waals surface area contributed by atoms with E-state index in [9.17, 15) is 4.79 Å². The van der Waals surface area contributed by atoms with E-state index < -0.39 is 0 Å². The lowest BCUT2D eigenvalue weighted by Crippen LogP contribution is -2.26. The number of methoxy groups -OCH3 is 1. The van der Waals surface area contributed by atoms with Gasteiger partial charge < -0.3 is 19.7 Å². The van der Waals surface area contributed by atoms with Crippen LogP contribution in [0.15, 0.2) is 10.6 Å². The lowest BCUT2D eigenvalue weighted by atomic mass is 10.3. The Labute approximate surface area is 80.8 Å². The lowest BCUT2D eigenvalue weighted by Gasteiger charge is -1.97. The van der Waals surface area contributed by atoms with Gasteiger partial charge in [0, 0.05) is 19.7 Å². The molecule has 2 N–H and O–H groups in total. The zero-order valence-electron chi connectivity index (χ0n) is 7.82. The van der Waals surface area contributed by atoms with Crippen molar-refractivity contribution in [3.63, 3.8) is 0 Å². The minimum absolute atomic E-state index is 0.103. The molecule has 0 aliphatic heterocycles. The standard InChI is InChI=1S/C8H12N2O4/c1-13-5-6-4-7(10-14-6)8(12)9-2-3-11/h4,11H,2-3,5H2,1H3,(H,9,12). The first kappa shape index (κ1) is 10.7. The van der Waals surface area contributed by atoms with Crippen molar-refractivity contribution in [1.29, 1.82) is 0 Å². The fourth-order valence-electron chi connectivity index (χ4n) is 0.890. The number of carbonyl (C=O) groups is 1. The van der Waals surface area contributed by atoms with Crippen LogP contribution < -0.4 is 5.32 Å². The van der Waals surface area contributed by atoms with Crippen LogP contribution in [0.25, 0.3) is 0 Å². The van der Waals surface area contributed by atoms with Crippen LogP contribution in [0.5, 0.6) is 0 Å². The van der Waals surface area contributed by atoms with Gasteiger partial charge in [0.15, 0.2) is 11.5 Å². The Morgan fingerprint density at radius 1 is 1.79 bits per heavy atom. The molecule has 1 aromatic heterocycles. The Balaban J connectivity index is 2.53. The molecule has 0 aliphatic rings. The van der Waals surface area contributed by atoms with Gasteiger partial charge in [-0.15, -0.1) is 0 Å². The van der Waals surface area contributed by atoms with E-state index in [2.05, 4.69) is 10.5 Å². The molecule has 0 unspecified atom stereocenters. The number of nitrogens with zero attached hydrogens (tertiary/aromatic N) is 1.